The maximum absolute atomic E-state index is 13.9. The Morgan fingerprint density at radius 2 is 2.08 bits per heavy atom. The molecule has 0 spiro atoms. The monoisotopic (exact) mass is 325 g/mol. The van der Waals surface area contributed by atoms with E-state index in [-0.39, 0.29) is 11.5 Å². The Hall–Kier alpha value is -2.30. The van der Waals surface area contributed by atoms with Gasteiger partial charge in [-0.15, -0.1) is 0 Å². The molecule has 0 radical (unpaired) electrons. The van der Waals surface area contributed by atoms with E-state index in [1.54, 1.807) is 30.6 Å². The van der Waals surface area contributed by atoms with Crippen LogP contribution in [0.3, 0.4) is 0 Å². The molecule has 2 aliphatic rings. The maximum Gasteiger partial charge on any atom is 0.256 e. The first-order chi connectivity index (χ1) is 11.7. The molecule has 0 bridgehead atoms. The fourth-order valence-electron chi connectivity index (χ4n) is 4.31. The number of carbonyl (C=O) groups excluding carboxylic acids is 1. The smallest absolute Gasteiger partial charge is 0.256 e. The van der Waals surface area contributed by atoms with E-state index in [1.165, 1.54) is 12.5 Å². The Bertz CT molecular complexity index is 736. The summed E-state index contributed by atoms with van der Waals surface area (Å²) in [4.78, 5) is 23.0. The molecular weight excluding hydrogens is 305 g/mol. The van der Waals surface area contributed by atoms with Crippen molar-refractivity contribution < 1.29 is 9.18 Å². The van der Waals surface area contributed by atoms with Crippen molar-refractivity contribution in [1.82, 2.24) is 14.9 Å². The summed E-state index contributed by atoms with van der Waals surface area (Å²) in [5.41, 5.74) is 1.20. The number of aromatic nitrogens is 2. The Kier molecular flexibility index (Phi) is 4.00. The van der Waals surface area contributed by atoms with Gasteiger partial charge in [0.25, 0.3) is 5.91 Å². The molecule has 4 nitrogen and oxygen atoms in total. The van der Waals surface area contributed by atoms with Crippen molar-refractivity contribution in [2.45, 2.75) is 19.3 Å². The predicted octanol–water partition coefficient (Wildman–Crippen LogP) is 2.96. The highest BCUT2D eigenvalue weighted by Crippen LogP contribution is 2.43. The standard InChI is InChI=1S/C19H20FN3O/c20-18-4-2-1-3-16(18)19(24)23-11-14-6-5-13(17(14)12-23)9-15-10-21-7-8-22-15/h1-4,7-8,10,13-14,17H,5-6,9,11-12H2/t13-,14-,17-/m1/s1. The molecule has 1 saturated heterocycles. The first-order valence-corrected chi connectivity index (χ1v) is 8.51. The van der Waals surface area contributed by atoms with E-state index in [2.05, 4.69) is 9.97 Å². The largest absolute Gasteiger partial charge is 0.338 e. The zero-order valence-electron chi connectivity index (χ0n) is 13.4. The van der Waals surface area contributed by atoms with Crippen LogP contribution in [0.1, 0.15) is 28.9 Å². The second-order valence-corrected chi connectivity index (χ2v) is 6.85. The number of fused-ring (bicyclic) bond motifs is 1. The number of nitrogens with zero attached hydrogens (tertiary/aromatic N) is 3. The first-order valence-electron chi connectivity index (χ1n) is 8.51. The topological polar surface area (TPSA) is 46.1 Å². The van der Waals surface area contributed by atoms with Crippen LogP contribution >= 0.6 is 0 Å². The van der Waals surface area contributed by atoms with Crippen molar-refractivity contribution in [3.05, 3.63) is 59.9 Å². The lowest BCUT2D eigenvalue weighted by molar-refractivity contribution is 0.0772. The fourth-order valence-corrected chi connectivity index (χ4v) is 4.31. The summed E-state index contributed by atoms with van der Waals surface area (Å²) in [5.74, 6) is 0.937. The zero-order chi connectivity index (χ0) is 16.5. The molecule has 1 aromatic heterocycles. The van der Waals surface area contributed by atoms with E-state index in [9.17, 15) is 9.18 Å². The van der Waals surface area contributed by atoms with Gasteiger partial charge in [0, 0.05) is 31.7 Å². The average molecular weight is 325 g/mol. The molecule has 1 saturated carbocycles. The minimum atomic E-state index is -0.435. The molecule has 1 aromatic carbocycles. The third-order valence-electron chi connectivity index (χ3n) is 5.48. The molecule has 1 amide bonds. The van der Waals surface area contributed by atoms with Gasteiger partial charge in [0.15, 0.2) is 0 Å². The summed E-state index contributed by atoms with van der Waals surface area (Å²) in [6.07, 6.45) is 8.46. The summed E-state index contributed by atoms with van der Waals surface area (Å²) < 4.78 is 13.9. The number of amides is 1. The molecule has 1 aliphatic heterocycles. The van der Waals surface area contributed by atoms with Crippen molar-refractivity contribution in [1.29, 1.82) is 0 Å². The first kappa shape index (κ1) is 15.2. The number of benzene rings is 1. The zero-order valence-corrected chi connectivity index (χ0v) is 13.4. The van der Waals surface area contributed by atoms with E-state index in [1.807, 2.05) is 11.1 Å². The lowest BCUT2D eigenvalue weighted by Gasteiger charge is -2.21. The maximum atomic E-state index is 13.9. The summed E-state index contributed by atoms with van der Waals surface area (Å²) in [7, 11) is 0. The van der Waals surface area contributed by atoms with Crippen molar-refractivity contribution in [3.8, 4) is 0 Å². The van der Waals surface area contributed by atoms with Gasteiger partial charge in [0.2, 0.25) is 0 Å². The summed E-state index contributed by atoms with van der Waals surface area (Å²) in [6, 6.07) is 6.25. The highest BCUT2D eigenvalue weighted by molar-refractivity contribution is 5.94. The van der Waals surface area contributed by atoms with Crippen LogP contribution in [0.2, 0.25) is 0 Å². The second kappa shape index (κ2) is 6.30. The molecule has 5 heteroatoms. The Morgan fingerprint density at radius 3 is 2.88 bits per heavy atom. The van der Waals surface area contributed by atoms with Gasteiger partial charge in [-0.05, 0) is 49.1 Å². The van der Waals surface area contributed by atoms with Gasteiger partial charge in [-0.2, -0.15) is 0 Å². The molecule has 4 rings (SSSR count). The van der Waals surface area contributed by atoms with Gasteiger partial charge in [-0.25, -0.2) is 4.39 Å². The van der Waals surface area contributed by atoms with E-state index in [0.29, 0.717) is 17.8 Å². The number of hydrogen-bond donors (Lipinski definition) is 0. The van der Waals surface area contributed by atoms with Crippen LogP contribution in [0, 0.1) is 23.6 Å². The normalized spacial score (nSPS) is 25.7. The van der Waals surface area contributed by atoms with Crippen molar-refractivity contribution in [2.75, 3.05) is 13.1 Å². The van der Waals surface area contributed by atoms with Gasteiger partial charge in [0.1, 0.15) is 5.82 Å². The number of rotatable bonds is 3. The quantitative estimate of drug-likeness (QED) is 0.871. The van der Waals surface area contributed by atoms with Crippen LogP contribution in [0.4, 0.5) is 4.39 Å². The lowest BCUT2D eigenvalue weighted by Crippen LogP contribution is -2.31. The Balaban J connectivity index is 1.46. The second-order valence-electron chi connectivity index (χ2n) is 6.85. The van der Waals surface area contributed by atoms with Crippen LogP contribution < -0.4 is 0 Å². The molecule has 2 aromatic rings. The Labute approximate surface area is 140 Å². The van der Waals surface area contributed by atoms with E-state index < -0.39 is 5.82 Å². The van der Waals surface area contributed by atoms with Gasteiger partial charge in [0.05, 0.1) is 11.3 Å². The predicted molar refractivity (Wildman–Crippen MR) is 87.7 cm³/mol. The van der Waals surface area contributed by atoms with Crippen LogP contribution in [-0.2, 0) is 6.42 Å². The lowest BCUT2D eigenvalue weighted by atomic mass is 9.89. The molecule has 0 N–H and O–H groups in total. The van der Waals surface area contributed by atoms with Crippen LogP contribution in [0.15, 0.2) is 42.9 Å². The van der Waals surface area contributed by atoms with E-state index >= 15 is 0 Å². The SMILES string of the molecule is O=C(c1ccccc1F)N1C[C@H]2CC[C@H](Cc3cnccn3)[C@H]2C1. The fraction of sp³-hybridized carbons (Fsp3) is 0.421. The highest BCUT2D eigenvalue weighted by Gasteiger charge is 2.44. The number of hydrogen-bond acceptors (Lipinski definition) is 3. The minimum absolute atomic E-state index is 0.180. The summed E-state index contributed by atoms with van der Waals surface area (Å²) in [5, 5.41) is 0. The van der Waals surface area contributed by atoms with Crippen molar-refractivity contribution >= 4 is 5.91 Å². The number of halogens is 1. The molecule has 124 valence electrons. The van der Waals surface area contributed by atoms with E-state index in [4.69, 9.17) is 0 Å². The molecule has 3 atom stereocenters. The van der Waals surface area contributed by atoms with Crippen LogP contribution in [0.25, 0.3) is 0 Å². The van der Waals surface area contributed by atoms with Gasteiger partial charge in [-0.1, -0.05) is 12.1 Å². The van der Waals surface area contributed by atoms with Crippen molar-refractivity contribution in [3.63, 3.8) is 0 Å². The van der Waals surface area contributed by atoms with Crippen molar-refractivity contribution in [2.24, 2.45) is 17.8 Å². The summed E-state index contributed by atoms with van der Waals surface area (Å²) >= 11 is 0. The van der Waals surface area contributed by atoms with Gasteiger partial charge in [-0.3, -0.25) is 14.8 Å². The Morgan fingerprint density at radius 1 is 1.21 bits per heavy atom. The molecular formula is C19H20FN3O. The van der Waals surface area contributed by atoms with Gasteiger partial charge >= 0.3 is 0 Å². The van der Waals surface area contributed by atoms with E-state index in [0.717, 1.165) is 31.6 Å². The molecule has 2 heterocycles. The summed E-state index contributed by atoms with van der Waals surface area (Å²) in [6.45, 7) is 1.47. The van der Waals surface area contributed by atoms with Crippen LogP contribution in [0.5, 0.6) is 0 Å². The average Bonchev–Trinajstić information content (AvgIpc) is 3.18. The minimum Gasteiger partial charge on any atom is -0.338 e. The third-order valence-corrected chi connectivity index (χ3v) is 5.48. The third kappa shape index (κ3) is 2.79. The number of carbonyl (C=O) groups is 1. The molecule has 24 heavy (non-hydrogen) atoms. The highest BCUT2D eigenvalue weighted by atomic mass is 19.1. The number of likely N-dealkylation sites (tertiary alicyclic amines) is 1. The molecule has 0 unspecified atom stereocenters. The van der Waals surface area contributed by atoms with Crippen LogP contribution in [-0.4, -0.2) is 33.9 Å². The molecule has 1 aliphatic carbocycles. The van der Waals surface area contributed by atoms with Gasteiger partial charge < -0.3 is 4.90 Å². The molecule has 2 fully saturated rings.